The second-order valence-corrected chi connectivity index (χ2v) is 8.48. The predicted octanol–water partition coefficient (Wildman–Crippen LogP) is 5.12. The van der Waals surface area contributed by atoms with Gasteiger partial charge in [-0.15, -0.1) is 0 Å². The molecule has 3 aromatic rings. The molecule has 2 aromatic carbocycles. The molecule has 0 fully saturated rings. The first-order valence-electron chi connectivity index (χ1n) is 10.8. The summed E-state index contributed by atoms with van der Waals surface area (Å²) in [6, 6.07) is 17.2. The number of nitrogens with one attached hydrogen (secondary N) is 2. The molecule has 1 atom stereocenters. The Morgan fingerprint density at radius 2 is 1.81 bits per heavy atom. The van der Waals surface area contributed by atoms with E-state index in [1.807, 2.05) is 75.4 Å². The Balaban J connectivity index is 1.53. The highest BCUT2D eigenvalue weighted by molar-refractivity contribution is 5.96. The minimum absolute atomic E-state index is 0.0658. The lowest BCUT2D eigenvalue weighted by atomic mass is 9.95. The molecule has 0 saturated heterocycles. The molecule has 6 heteroatoms. The van der Waals surface area contributed by atoms with E-state index in [0.717, 1.165) is 22.3 Å². The van der Waals surface area contributed by atoms with Gasteiger partial charge in [-0.2, -0.15) is 0 Å². The number of anilines is 1. The summed E-state index contributed by atoms with van der Waals surface area (Å²) in [5.41, 5.74) is 4.38. The lowest BCUT2D eigenvalue weighted by Gasteiger charge is -2.22. The van der Waals surface area contributed by atoms with Crippen molar-refractivity contribution in [3.8, 4) is 16.9 Å². The zero-order valence-electron chi connectivity index (χ0n) is 18.5. The van der Waals surface area contributed by atoms with Gasteiger partial charge in [0.2, 0.25) is 5.91 Å². The number of rotatable bonds is 6. The van der Waals surface area contributed by atoms with Crippen LogP contribution in [0.3, 0.4) is 0 Å². The number of hydrogen-bond donors (Lipinski definition) is 2. The van der Waals surface area contributed by atoms with E-state index in [-0.39, 0.29) is 23.8 Å². The van der Waals surface area contributed by atoms with Gasteiger partial charge in [0.15, 0.2) is 0 Å². The number of ether oxygens (including phenoxy) is 1. The van der Waals surface area contributed by atoms with Crippen molar-refractivity contribution in [3.05, 3.63) is 77.5 Å². The molecule has 0 spiro atoms. The normalized spacial score (nSPS) is 12.9. The Kier molecular flexibility index (Phi) is 6.21. The number of pyridine rings is 1. The summed E-state index contributed by atoms with van der Waals surface area (Å²) in [4.78, 5) is 29.2. The van der Waals surface area contributed by atoms with E-state index in [1.54, 1.807) is 6.20 Å². The predicted molar refractivity (Wildman–Crippen MR) is 124 cm³/mol. The van der Waals surface area contributed by atoms with Crippen molar-refractivity contribution in [3.63, 3.8) is 0 Å². The maximum Gasteiger partial charge on any atom is 0.251 e. The van der Waals surface area contributed by atoms with Crippen LogP contribution in [0.2, 0.25) is 0 Å². The van der Waals surface area contributed by atoms with Gasteiger partial charge in [0.1, 0.15) is 18.2 Å². The first-order chi connectivity index (χ1) is 15.4. The van der Waals surface area contributed by atoms with Crippen LogP contribution in [-0.2, 0) is 11.4 Å². The van der Waals surface area contributed by atoms with Crippen molar-refractivity contribution in [2.45, 2.75) is 39.8 Å². The van der Waals surface area contributed by atoms with Crippen LogP contribution in [0.5, 0.6) is 5.75 Å². The molecule has 4 rings (SSSR count). The maximum absolute atomic E-state index is 12.8. The molecule has 1 aromatic heterocycles. The fourth-order valence-electron chi connectivity index (χ4n) is 3.78. The fourth-order valence-corrected chi connectivity index (χ4v) is 3.78. The van der Waals surface area contributed by atoms with Crippen LogP contribution in [0.4, 0.5) is 5.82 Å². The fraction of sp³-hybridized carbons (Fsp3) is 0.269. The Hall–Kier alpha value is -3.67. The lowest BCUT2D eigenvalue weighted by molar-refractivity contribution is -0.116. The monoisotopic (exact) mass is 429 g/mol. The summed E-state index contributed by atoms with van der Waals surface area (Å²) in [5, 5.41) is 5.90. The molecule has 2 amide bonds. The Labute approximate surface area is 188 Å². The quantitative estimate of drug-likeness (QED) is 0.570. The minimum atomic E-state index is -0.133. The molecular weight excluding hydrogens is 402 g/mol. The molecule has 0 unspecified atom stereocenters. The van der Waals surface area contributed by atoms with Crippen LogP contribution in [0.15, 0.2) is 60.8 Å². The number of amides is 2. The topological polar surface area (TPSA) is 80.3 Å². The Bertz CT molecular complexity index is 1140. The average molecular weight is 430 g/mol. The number of nitrogens with zero attached hydrogens (tertiary/aromatic N) is 1. The van der Waals surface area contributed by atoms with Gasteiger partial charge in [0.25, 0.3) is 5.91 Å². The van der Waals surface area contributed by atoms with Crippen LogP contribution < -0.4 is 15.4 Å². The van der Waals surface area contributed by atoms with Crippen LogP contribution in [0.1, 0.15) is 54.7 Å². The van der Waals surface area contributed by atoms with Crippen molar-refractivity contribution < 1.29 is 14.3 Å². The van der Waals surface area contributed by atoms with E-state index in [2.05, 4.69) is 15.6 Å². The van der Waals surface area contributed by atoms with E-state index in [4.69, 9.17) is 4.74 Å². The summed E-state index contributed by atoms with van der Waals surface area (Å²) in [7, 11) is 0. The van der Waals surface area contributed by atoms with E-state index in [0.29, 0.717) is 30.2 Å². The molecule has 0 aliphatic carbocycles. The Morgan fingerprint density at radius 3 is 2.56 bits per heavy atom. The smallest absolute Gasteiger partial charge is 0.251 e. The van der Waals surface area contributed by atoms with Crippen LogP contribution in [-0.4, -0.2) is 16.8 Å². The van der Waals surface area contributed by atoms with Gasteiger partial charge in [-0.05, 0) is 47.7 Å². The SMILES string of the molecule is CC(C)CC(=O)Nc1cc2c(cn1)OCc1cc(C(=O)N[C@H](C)c3ccccc3)ccc1-2. The van der Waals surface area contributed by atoms with Gasteiger partial charge in [-0.1, -0.05) is 50.2 Å². The summed E-state index contributed by atoms with van der Waals surface area (Å²) >= 11 is 0. The highest BCUT2D eigenvalue weighted by Gasteiger charge is 2.21. The number of carbonyl (C=O) groups excluding carboxylic acids is 2. The van der Waals surface area contributed by atoms with Crippen molar-refractivity contribution >= 4 is 17.6 Å². The molecule has 0 saturated carbocycles. The van der Waals surface area contributed by atoms with E-state index >= 15 is 0 Å². The molecule has 0 bridgehead atoms. The first kappa shape index (κ1) is 21.6. The number of benzene rings is 2. The summed E-state index contributed by atoms with van der Waals surface area (Å²) in [6.07, 6.45) is 2.07. The van der Waals surface area contributed by atoms with Gasteiger partial charge >= 0.3 is 0 Å². The van der Waals surface area contributed by atoms with Gasteiger partial charge < -0.3 is 15.4 Å². The third-order valence-electron chi connectivity index (χ3n) is 5.42. The van der Waals surface area contributed by atoms with E-state index in [9.17, 15) is 9.59 Å². The third-order valence-corrected chi connectivity index (χ3v) is 5.42. The van der Waals surface area contributed by atoms with E-state index in [1.165, 1.54) is 0 Å². The third kappa shape index (κ3) is 4.80. The van der Waals surface area contributed by atoms with Crippen molar-refractivity contribution in [2.24, 2.45) is 5.92 Å². The number of carbonyl (C=O) groups is 2. The highest BCUT2D eigenvalue weighted by Crippen LogP contribution is 2.38. The highest BCUT2D eigenvalue weighted by atomic mass is 16.5. The second kappa shape index (κ2) is 9.22. The molecule has 164 valence electrons. The van der Waals surface area contributed by atoms with Crippen LogP contribution in [0.25, 0.3) is 11.1 Å². The average Bonchev–Trinajstić information content (AvgIpc) is 2.78. The van der Waals surface area contributed by atoms with Gasteiger partial charge in [-0.25, -0.2) is 4.98 Å². The number of hydrogen-bond acceptors (Lipinski definition) is 4. The zero-order chi connectivity index (χ0) is 22.7. The van der Waals surface area contributed by atoms with Crippen molar-refractivity contribution in [1.82, 2.24) is 10.3 Å². The number of aromatic nitrogens is 1. The molecule has 2 N–H and O–H groups in total. The van der Waals surface area contributed by atoms with Crippen molar-refractivity contribution in [2.75, 3.05) is 5.32 Å². The van der Waals surface area contributed by atoms with Gasteiger partial charge in [0.05, 0.1) is 12.2 Å². The largest absolute Gasteiger partial charge is 0.487 e. The lowest BCUT2D eigenvalue weighted by Crippen LogP contribution is -2.26. The molecule has 2 heterocycles. The van der Waals surface area contributed by atoms with Crippen LogP contribution >= 0.6 is 0 Å². The molecule has 0 radical (unpaired) electrons. The maximum atomic E-state index is 12.8. The molecule has 1 aliphatic heterocycles. The standard InChI is InChI=1S/C26H27N3O3/c1-16(2)11-25(30)29-24-13-22-21-10-9-19(12-20(21)15-32-23(22)14-27-24)26(31)28-17(3)18-7-5-4-6-8-18/h4-10,12-14,16-17H,11,15H2,1-3H3,(H,28,31)(H,27,29,30)/t17-/m1/s1. The van der Waals surface area contributed by atoms with Gasteiger partial charge in [-0.3, -0.25) is 9.59 Å². The summed E-state index contributed by atoms with van der Waals surface area (Å²) in [5.74, 6) is 1.22. The second-order valence-electron chi connectivity index (χ2n) is 8.48. The minimum Gasteiger partial charge on any atom is -0.487 e. The molecular formula is C26H27N3O3. The molecule has 1 aliphatic rings. The molecule has 32 heavy (non-hydrogen) atoms. The van der Waals surface area contributed by atoms with Gasteiger partial charge in [0, 0.05) is 17.5 Å². The number of fused-ring (bicyclic) bond motifs is 3. The first-order valence-corrected chi connectivity index (χ1v) is 10.8. The molecule has 6 nitrogen and oxygen atoms in total. The van der Waals surface area contributed by atoms with Crippen molar-refractivity contribution in [1.29, 1.82) is 0 Å². The summed E-state index contributed by atoms with van der Waals surface area (Å²) in [6.45, 7) is 6.32. The zero-order valence-corrected chi connectivity index (χ0v) is 18.5. The van der Waals surface area contributed by atoms with E-state index < -0.39 is 0 Å². The van der Waals surface area contributed by atoms with Crippen LogP contribution in [0, 0.1) is 5.92 Å². The summed E-state index contributed by atoms with van der Waals surface area (Å²) < 4.78 is 5.85. The Morgan fingerprint density at radius 1 is 1.03 bits per heavy atom.